The van der Waals surface area contributed by atoms with E-state index >= 15 is 0 Å². The van der Waals surface area contributed by atoms with Crippen LogP contribution in [0.1, 0.15) is 35.5 Å². The summed E-state index contributed by atoms with van der Waals surface area (Å²) in [5.41, 5.74) is 1.48. The minimum Gasteiger partial charge on any atom is -0.465 e. The third kappa shape index (κ3) is 3.03. The number of nitrogens with zero attached hydrogens (tertiary/aromatic N) is 3. The number of esters is 1. The summed E-state index contributed by atoms with van der Waals surface area (Å²) in [6, 6.07) is 11.5. The zero-order valence-corrected chi connectivity index (χ0v) is 14.2. The van der Waals surface area contributed by atoms with Gasteiger partial charge in [0.15, 0.2) is 11.9 Å². The van der Waals surface area contributed by atoms with Gasteiger partial charge in [-0.1, -0.05) is 30.3 Å². The van der Waals surface area contributed by atoms with Gasteiger partial charge in [0.2, 0.25) is 0 Å². The zero-order valence-electron chi connectivity index (χ0n) is 14.2. The van der Waals surface area contributed by atoms with Crippen molar-refractivity contribution in [2.24, 2.45) is 0 Å². The maximum absolute atomic E-state index is 12.8. The molecule has 0 aliphatic heterocycles. The molecule has 0 spiro atoms. The van der Waals surface area contributed by atoms with Crippen LogP contribution in [-0.2, 0) is 21.4 Å². The van der Waals surface area contributed by atoms with E-state index in [1.165, 1.54) is 6.20 Å². The molecular formula is C19H19N3O3. The van der Waals surface area contributed by atoms with E-state index in [1.54, 1.807) is 23.7 Å². The standard InChI is InChI=1S/C19H19N3O3/c1-3-25-18(24)19(2,11-14-7-5-4-6-8-14)16-9-10-20-17-15(13-23)12-21-22(16)17/h4-10,12-13H,3,11H2,1-2H3. The van der Waals surface area contributed by atoms with Crippen molar-refractivity contribution >= 4 is 17.9 Å². The normalized spacial score (nSPS) is 13.4. The number of carbonyl (C=O) groups excluding carboxylic acids is 2. The molecule has 3 rings (SSSR count). The summed E-state index contributed by atoms with van der Waals surface area (Å²) in [6.45, 7) is 3.90. The summed E-state index contributed by atoms with van der Waals surface area (Å²) in [7, 11) is 0. The van der Waals surface area contributed by atoms with Gasteiger partial charge in [-0.2, -0.15) is 5.10 Å². The third-order valence-electron chi connectivity index (χ3n) is 4.25. The van der Waals surface area contributed by atoms with E-state index in [1.807, 2.05) is 37.3 Å². The lowest BCUT2D eigenvalue weighted by Crippen LogP contribution is -2.38. The van der Waals surface area contributed by atoms with Crippen molar-refractivity contribution in [3.63, 3.8) is 0 Å². The van der Waals surface area contributed by atoms with E-state index in [2.05, 4.69) is 10.1 Å². The Labute approximate surface area is 145 Å². The summed E-state index contributed by atoms with van der Waals surface area (Å²) < 4.78 is 6.89. The topological polar surface area (TPSA) is 73.6 Å². The highest BCUT2D eigenvalue weighted by Gasteiger charge is 2.39. The molecule has 128 valence electrons. The van der Waals surface area contributed by atoms with Crippen molar-refractivity contribution in [1.29, 1.82) is 0 Å². The fourth-order valence-electron chi connectivity index (χ4n) is 2.97. The minimum absolute atomic E-state index is 0.288. The van der Waals surface area contributed by atoms with Crippen molar-refractivity contribution < 1.29 is 14.3 Å². The van der Waals surface area contributed by atoms with Gasteiger partial charge < -0.3 is 4.74 Å². The van der Waals surface area contributed by atoms with E-state index in [0.717, 1.165) is 5.56 Å². The minimum atomic E-state index is -0.968. The van der Waals surface area contributed by atoms with Gasteiger partial charge >= 0.3 is 5.97 Å². The van der Waals surface area contributed by atoms with E-state index in [-0.39, 0.29) is 12.6 Å². The van der Waals surface area contributed by atoms with Crippen LogP contribution >= 0.6 is 0 Å². The second-order valence-electron chi connectivity index (χ2n) is 6.00. The summed E-state index contributed by atoms with van der Waals surface area (Å²) in [5, 5.41) is 4.25. The van der Waals surface area contributed by atoms with Gasteiger partial charge in [-0.15, -0.1) is 0 Å². The Balaban J connectivity index is 2.16. The van der Waals surface area contributed by atoms with Crippen molar-refractivity contribution in [2.75, 3.05) is 6.61 Å². The highest BCUT2D eigenvalue weighted by molar-refractivity contribution is 5.85. The van der Waals surface area contributed by atoms with E-state index in [4.69, 9.17) is 4.74 Å². The SMILES string of the molecule is CCOC(=O)C(C)(Cc1ccccc1)c1ccnc2c(C=O)cnn12. The van der Waals surface area contributed by atoms with Gasteiger partial charge in [-0.25, -0.2) is 9.50 Å². The van der Waals surface area contributed by atoms with Gasteiger partial charge in [0.05, 0.1) is 24.1 Å². The molecule has 1 atom stereocenters. The summed E-state index contributed by atoms with van der Waals surface area (Å²) in [4.78, 5) is 28.2. The van der Waals surface area contributed by atoms with E-state index < -0.39 is 5.41 Å². The van der Waals surface area contributed by atoms with Gasteiger partial charge in [0.1, 0.15) is 5.41 Å². The molecule has 25 heavy (non-hydrogen) atoms. The number of benzene rings is 1. The monoisotopic (exact) mass is 337 g/mol. The average molecular weight is 337 g/mol. The first-order valence-electron chi connectivity index (χ1n) is 8.09. The number of aromatic nitrogens is 3. The largest absolute Gasteiger partial charge is 0.465 e. The quantitative estimate of drug-likeness (QED) is 0.511. The van der Waals surface area contributed by atoms with Crippen LogP contribution in [0, 0.1) is 0 Å². The first-order chi connectivity index (χ1) is 12.1. The maximum Gasteiger partial charge on any atom is 0.318 e. The van der Waals surface area contributed by atoms with Crippen LogP contribution in [0.3, 0.4) is 0 Å². The Hall–Kier alpha value is -3.02. The van der Waals surface area contributed by atoms with Crippen molar-refractivity contribution in [3.05, 3.63) is 65.6 Å². The molecular weight excluding hydrogens is 318 g/mol. The Morgan fingerprint density at radius 3 is 2.72 bits per heavy atom. The van der Waals surface area contributed by atoms with Crippen molar-refractivity contribution in [1.82, 2.24) is 14.6 Å². The molecule has 3 aromatic rings. The predicted octanol–water partition coefficient (Wildman–Crippen LogP) is 2.61. The first kappa shape index (κ1) is 16.8. The number of ether oxygens (including phenoxy) is 1. The number of aldehydes is 1. The van der Waals surface area contributed by atoms with Crippen LogP contribution < -0.4 is 0 Å². The van der Waals surface area contributed by atoms with Gasteiger partial charge in [0, 0.05) is 6.20 Å². The molecule has 6 heteroatoms. The van der Waals surface area contributed by atoms with Gasteiger partial charge in [-0.3, -0.25) is 9.59 Å². The fraction of sp³-hybridized carbons (Fsp3) is 0.263. The molecule has 1 aromatic carbocycles. The number of hydrogen-bond acceptors (Lipinski definition) is 5. The Bertz CT molecular complexity index is 905. The van der Waals surface area contributed by atoms with Gasteiger partial charge in [0.25, 0.3) is 0 Å². The van der Waals surface area contributed by atoms with Crippen LogP contribution in [0.4, 0.5) is 0 Å². The summed E-state index contributed by atoms with van der Waals surface area (Å²) in [5.74, 6) is -0.338. The predicted molar refractivity (Wildman–Crippen MR) is 92.5 cm³/mol. The van der Waals surface area contributed by atoms with Crippen LogP contribution in [0.15, 0.2) is 48.8 Å². The third-order valence-corrected chi connectivity index (χ3v) is 4.25. The Morgan fingerprint density at radius 2 is 2.04 bits per heavy atom. The molecule has 0 fully saturated rings. The molecule has 2 heterocycles. The zero-order chi connectivity index (χ0) is 17.9. The second kappa shape index (κ2) is 6.84. The summed E-state index contributed by atoms with van der Waals surface area (Å²) >= 11 is 0. The smallest absolute Gasteiger partial charge is 0.318 e. The van der Waals surface area contributed by atoms with Gasteiger partial charge in [-0.05, 0) is 31.9 Å². The average Bonchev–Trinajstić information content (AvgIpc) is 3.05. The lowest BCUT2D eigenvalue weighted by atomic mass is 9.80. The molecule has 0 N–H and O–H groups in total. The van der Waals surface area contributed by atoms with Crippen molar-refractivity contribution in [2.45, 2.75) is 25.7 Å². The Kier molecular flexibility index (Phi) is 4.61. The van der Waals surface area contributed by atoms with Crippen LogP contribution in [0.2, 0.25) is 0 Å². The molecule has 0 saturated carbocycles. The molecule has 0 bridgehead atoms. The molecule has 0 radical (unpaired) electrons. The molecule has 1 unspecified atom stereocenters. The first-order valence-corrected chi connectivity index (χ1v) is 8.09. The summed E-state index contributed by atoms with van der Waals surface area (Å²) in [6.07, 6.45) is 4.19. The van der Waals surface area contributed by atoms with Crippen LogP contribution in [0.5, 0.6) is 0 Å². The fourth-order valence-corrected chi connectivity index (χ4v) is 2.97. The maximum atomic E-state index is 12.8. The number of hydrogen-bond donors (Lipinski definition) is 0. The highest BCUT2D eigenvalue weighted by atomic mass is 16.5. The highest BCUT2D eigenvalue weighted by Crippen LogP contribution is 2.30. The number of rotatable bonds is 6. The molecule has 6 nitrogen and oxygen atoms in total. The number of fused-ring (bicyclic) bond motifs is 1. The molecule has 0 aliphatic carbocycles. The second-order valence-corrected chi connectivity index (χ2v) is 6.00. The molecule has 0 amide bonds. The lowest BCUT2D eigenvalue weighted by Gasteiger charge is -2.28. The molecule has 0 saturated heterocycles. The van der Waals surface area contributed by atoms with Crippen LogP contribution in [0.25, 0.3) is 5.65 Å². The molecule has 0 aliphatic rings. The number of carbonyl (C=O) groups is 2. The van der Waals surface area contributed by atoms with Crippen LogP contribution in [-0.4, -0.2) is 33.5 Å². The Morgan fingerprint density at radius 1 is 1.28 bits per heavy atom. The van der Waals surface area contributed by atoms with E-state index in [9.17, 15) is 9.59 Å². The van der Waals surface area contributed by atoms with Crippen molar-refractivity contribution in [3.8, 4) is 0 Å². The van der Waals surface area contributed by atoms with E-state index in [0.29, 0.717) is 29.6 Å². The lowest BCUT2D eigenvalue weighted by molar-refractivity contribution is -0.149. The molecule has 2 aromatic heterocycles.